The van der Waals surface area contributed by atoms with E-state index in [1.165, 1.54) is 0 Å². The van der Waals surface area contributed by atoms with Gasteiger partial charge in [-0.2, -0.15) is 13.2 Å². The number of ether oxygens (including phenoxy) is 4. The molecular weight excluding hydrogens is 726 g/mol. The van der Waals surface area contributed by atoms with Gasteiger partial charge in [0.1, 0.15) is 23.0 Å². The quantitative estimate of drug-likeness (QED) is 0.155. The Hall–Kier alpha value is -6.87. The Morgan fingerprint density at radius 2 is 0.719 bits per heavy atom. The highest BCUT2D eigenvalue weighted by atomic mass is 19.4. The highest BCUT2D eigenvalue weighted by Crippen LogP contribution is 2.45. The SMILES string of the molecule is COc1ccc2c(c1)c1cc(OC)ccc1n2-c1cc(-c2ccc(C(F)(F)F)cc2)c(-n2c3ccc(OC)cc3c3cc(OC)ccc32)cc1-c1ccc(C)cc1. The summed E-state index contributed by atoms with van der Waals surface area (Å²) in [4.78, 5) is 0. The van der Waals surface area contributed by atoms with Gasteiger partial charge in [0.05, 0.1) is 67.4 Å². The average molecular weight is 763 g/mol. The number of halogens is 3. The Bertz CT molecular complexity index is 2870. The van der Waals surface area contributed by atoms with Crippen molar-refractivity contribution in [3.8, 4) is 56.6 Å². The van der Waals surface area contributed by atoms with E-state index >= 15 is 0 Å². The van der Waals surface area contributed by atoms with Crippen LogP contribution in [0.5, 0.6) is 23.0 Å². The summed E-state index contributed by atoms with van der Waals surface area (Å²) in [6, 6.07) is 41.9. The van der Waals surface area contributed by atoms with Crippen molar-refractivity contribution in [1.29, 1.82) is 0 Å². The first-order valence-electron chi connectivity index (χ1n) is 18.4. The van der Waals surface area contributed by atoms with Crippen LogP contribution in [0.2, 0.25) is 0 Å². The minimum Gasteiger partial charge on any atom is -0.497 e. The zero-order valence-corrected chi connectivity index (χ0v) is 31.9. The molecule has 2 aromatic heterocycles. The lowest BCUT2D eigenvalue weighted by Crippen LogP contribution is -2.05. The summed E-state index contributed by atoms with van der Waals surface area (Å²) in [7, 11) is 6.56. The van der Waals surface area contributed by atoms with E-state index in [4.69, 9.17) is 18.9 Å². The molecule has 0 aliphatic heterocycles. The van der Waals surface area contributed by atoms with Crippen LogP contribution in [0, 0.1) is 6.92 Å². The number of alkyl halides is 3. The molecular formula is C48H37F3N2O4. The van der Waals surface area contributed by atoms with E-state index in [0.29, 0.717) is 28.6 Å². The second-order valence-electron chi connectivity index (χ2n) is 14.0. The summed E-state index contributed by atoms with van der Waals surface area (Å²) in [6.45, 7) is 2.05. The van der Waals surface area contributed by atoms with Crippen LogP contribution >= 0.6 is 0 Å². The van der Waals surface area contributed by atoms with E-state index in [9.17, 15) is 13.2 Å². The average Bonchev–Trinajstić information content (AvgIpc) is 3.74. The maximum absolute atomic E-state index is 14.0. The zero-order valence-electron chi connectivity index (χ0n) is 31.9. The number of hydrogen-bond donors (Lipinski definition) is 0. The third-order valence-corrected chi connectivity index (χ3v) is 10.8. The maximum atomic E-state index is 14.0. The van der Waals surface area contributed by atoms with Gasteiger partial charge < -0.3 is 28.1 Å². The van der Waals surface area contributed by atoms with Gasteiger partial charge in [0, 0.05) is 32.7 Å². The van der Waals surface area contributed by atoms with Crippen LogP contribution in [0.4, 0.5) is 13.2 Å². The lowest BCUT2D eigenvalue weighted by Gasteiger charge is -2.22. The number of rotatable bonds is 8. The van der Waals surface area contributed by atoms with Gasteiger partial charge in [-0.15, -0.1) is 0 Å². The molecule has 9 heteroatoms. The fourth-order valence-electron chi connectivity index (χ4n) is 7.97. The van der Waals surface area contributed by atoms with Gasteiger partial charge in [-0.05, 0) is 115 Å². The molecule has 0 aliphatic rings. The fraction of sp³-hybridized carbons (Fsp3) is 0.125. The summed E-state index contributed by atoms with van der Waals surface area (Å²) in [5, 5.41) is 3.80. The highest BCUT2D eigenvalue weighted by molar-refractivity contribution is 6.12. The summed E-state index contributed by atoms with van der Waals surface area (Å²) in [5.41, 5.74) is 8.91. The number of aromatic nitrogens is 2. The van der Waals surface area contributed by atoms with E-state index in [2.05, 4.69) is 52.5 Å². The second-order valence-corrected chi connectivity index (χ2v) is 14.0. The summed E-state index contributed by atoms with van der Waals surface area (Å²) < 4.78 is 69.0. The van der Waals surface area contributed by atoms with Crippen molar-refractivity contribution in [1.82, 2.24) is 9.13 Å². The van der Waals surface area contributed by atoms with Gasteiger partial charge in [-0.3, -0.25) is 0 Å². The van der Waals surface area contributed by atoms with Gasteiger partial charge in [0.15, 0.2) is 0 Å². The van der Waals surface area contributed by atoms with Crippen LogP contribution in [-0.4, -0.2) is 37.6 Å². The number of methoxy groups -OCH3 is 4. The highest BCUT2D eigenvalue weighted by Gasteiger charge is 2.30. The van der Waals surface area contributed by atoms with Gasteiger partial charge in [-0.1, -0.05) is 42.0 Å². The summed E-state index contributed by atoms with van der Waals surface area (Å²) in [6.07, 6.45) is -4.49. The number of nitrogens with zero attached hydrogens (tertiary/aromatic N) is 2. The molecule has 0 radical (unpaired) electrons. The van der Waals surface area contributed by atoms with Crippen LogP contribution in [0.15, 0.2) is 133 Å². The number of benzene rings is 7. The molecule has 9 rings (SSSR count). The van der Waals surface area contributed by atoms with Crippen LogP contribution in [-0.2, 0) is 6.18 Å². The van der Waals surface area contributed by atoms with E-state index < -0.39 is 11.7 Å². The van der Waals surface area contributed by atoms with Crippen molar-refractivity contribution in [3.05, 3.63) is 145 Å². The molecule has 57 heavy (non-hydrogen) atoms. The van der Waals surface area contributed by atoms with Crippen LogP contribution in [0.1, 0.15) is 11.1 Å². The minimum atomic E-state index is -4.49. The molecule has 0 N–H and O–H groups in total. The molecule has 0 bridgehead atoms. The lowest BCUT2D eigenvalue weighted by atomic mass is 9.94. The first kappa shape index (κ1) is 35.8. The van der Waals surface area contributed by atoms with Crippen molar-refractivity contribution in [3.63, 3.8) is 0 Å². The van der Waals surface area contributed by atoms with Crippen LogP contribution in [0.25, 0.3) is 77.2 Å². The zero-order chi connectivity index (χ0) is 39.6. The van der Waals surface area contributed by atoms with Crippen molar-refractivity contribution in [2.24, 2.45) is 0 Å². The standard InChI is InChI=1S/C48H37F3N2O4/c1-28-6-8-29(9-7-28)36-26-47(53-44-20-16-34(56-4)24-40(44)41-25-35(57-5)17-21-45(41)53)37(30-10-12-31(13-11-30)48(49,50)51)27-46(36)52-42-18-14-32(54-2)22-38(42)39-23-33(55-3)15-19-43(39)52/h6-27H,1-5H3. The third kappa shape index (κ3) is 5.98. The molecule has 0 spiro atoms. The number of fused-ring (bicyclic) bond motifs is 6. The molecule has 2 heterocycles. The fourth-order valence-corrected chi connectivity index (χ4v) is 7.97. The Morgan fingerprint density at radius 3 is 1.02 bits per heavy atom. The predicted molar refractivity (Wildman–Crippen MR) is 222 cm³/mol. The van der Waals surface area contributed by atoms with E-state index in [1.807, 2.05) is 72.8 Å². The van der Waals surface area contributed by atoms with Gasteiger partial charge in [0.2, 0.25) is 0 Å². The molecule has 0 saturated carbocycles. The first-order valence-corrected chi connectivity index (χ1v) is 18.4. The summed E-state index contributed by atoms with van der Waals surface area (Å²) in [5.74, 6) is 2.82. The molecule has 7 aromatic carbocycles. The molecule has 0 aliphatic carbocycles. The van der Waals surface area contributed by atoms with Crippen molar-refractivity contribution in [2.75, 3.05) is 28.4 Å². The molecule has 0 fully saturated rings. The van der Waals surface area contributed by atoms with Gasteiger partial charge in [-0.25, -0.2) is 0 Å². The molecule has 0 amide bonds. The Balaban J connectivity index is 1.45. The molecule has 0 saturated heterocycles. The van der Waals surface area contributed by atoms with Crippen LogP contribution in [0.3, 0.4) is 0 Å². The minimum absolute atomic E-state index is 0.621. The molecule has 9 aromatic rings. The van der Waals surface area contributed by atoms with Crippen molar-refractivity contribution < 1.29 is 32.1 Å². The Labute approximate surface area is 326 Å². The maximum Gasteiger partial charge on any atom is 0.416 e. The van der Waals surface area contributed by atoms with Gasteiger partial charge in [0.25, 0.3) is 0 Å². The monoisotopic (exact) mass is 762 g/mol. The van der Waals surface area contributed by atoms with E-state index in [0.717, 1.165) is 89.4 Å². The molecule has 0 atom stereocenters. The van der Waals surface area contributed by atoms with E-state index in [1.54, 1.807) is 40.6 Å². The lowest BCUT2D eigenvalue weighted by molar-refractivity contribution is -0.137. The second kappa shape index (κ2) is 13.7. The predicted octanol–water partition coefficient (Wildman–Crippen LogP) is 12.6. The Kier molecular flexibility index (Phi) is 8.61. The smallest absolute Gasteiger partial charge is 0.416 e. The Morgan fingerprint density at radius 1 is 0.404 bits per heavy atom. The van der Waals surface area contributed by atoms with Crippen LogP contribution < -0.4 is 18.9 Å². The normalized spacial score (nSPS) is 11.9. The molecule has 0 unspecified atom stereocenters. The van der Waals surface area contributed by atoms with Crippen molar-refractivity contribution in [2.45, 2.75) is 13.1 Å². The third-order valence-electron chi connectivity index (χ3n) is 10.8. The molecule has 284 valence electrons. The number of aryl methyl sites for hydroxylation is 1. The first-order chi connectivity index (χ1) is 27.6. The van der Waals surface area contributed by atoms with E-state index in [-0.39, 0.29) is 0 Å². The molecule has 6 nitrogen and oxygen atoms in total. The largest absolute Gasteiger partial charge is 0.497 e. The topological polar surface area (TPSA) is 46.8 Å². The van der Waals surface area contributed by atoms with Gasteiger partial charge >= 0.3 is 6.18 Å². The van der Waals surface area contributed by atoms with Crippen molar-refractivity contribution >= 4 is 43.6 Å². The number of hydrogen-bond acceptors (Lipinski definition) is 4. The summed E-state index contributed by atoms with van der Waals surface area (Å²) >= 11 is 0.